The average Bonchev–Trinajstić information content (AvgIpc) is 3.21. The zero-order chi connectivity index (χ0) is 13.8. The molecule has 1 aliphatic carbocycles. The summed E-state index contributed by atoms with van der Waals surface area (Å²) in [5.74, 6) is 0.880. The van der Waals surface area contributed by atoms with E-state index in [1.807, 2.05) is 12.1 Å². The summed E-state index contributed by atoms with van der Waals surface area (Å²) in [6.07, 6.45) is 3.73. The highest BCUT2D eigenvalue weighted by Crippen LogP contribution is 2.34. The van der Waals surface area contributed by atoms with Crippen LogP contribution < -0.4 is 5.73 Å². The first-order valence-corrected chi connectivity index (χ1v) is 7.78. The maximum atomic E-state index is 6.39. The maximum absolute atomic E-state index is 6.39. The molecule has 1 fully saturated rings. The van der Waals surface area contributed by atoms with E-state index in [0.717, 1.165) is 23.9 Å². The van der Waals surface area contributed by atoms with Gasteiger partial charge in [-0.2, -0.15) is 0 Å². The van der Waals surface area contributed by atoms with Crippen LogP contribution in [0.1, 0.15) is 44.7 Å². The van der Waals surface area contributed by atoms with Crippen LogP contribution in [0.15, 0.2) is 24.3 Å². The number of likely N-dealkylation sites (N-methyl/N-ethyl adjacent to an activating group) is 1. The molecule has 2 nitrogen and oxygen atoms in total. The van der Waals surface area contributed by atoms with Gasteiger partial charge in [0.2, 0.25) is 0 Å². The third kappa shape index (κ3) is 3.95. The predicted octanol–water partition coefficient (Wildman–Crippen LogP) is 3.85. The molecule has 2 rings (SSSR count). The summed E-state index contributed by atoms with van der Waals surface area (Å²) < 4.78 is 0. The molecular formula is C16H25ClN2. The second kappa shape index (κ2) is 6.74. The molecule has 0 bridgehead atoms. The fraction of sp³-hybridized carbons (Fsp3) is 0.625. The van der Waals surface area contributed by atoms with E-state index in [1.54, 1.807) is 0 Å². The monoisotopic (exact) mass is 280 g/mol. The van der Waals surface area contributed by atoms with Gasteiger partial charge in [0, 0.05) is 23.7 Å². The Labute approximate surface area is 121 Å². The van der Waals surface area contributed by atoms with E-state index < -0.39 is 0 Å². The fourth-order valence-corrected chi connectivity index (χ4v) is 2.91. The summed E-state index contributed by atoms with van der Waals surface area (Å²) in [6, 6.07) is 8.62. The standard InChI is InChI=1S/C16H25ClN2/c1-3-15(18)16(13-6-5-7-14(17)10-13)19(4-2)11-12-8-9-12/h5-7,10,12,15-16H,3-4,8-9,11,18H2,1-2H3. The first kappa shape index (κ1) is 14.8. The Morgan fingerprint density at radius 2 is 2.11 bits per heavy atom. The maximum Gasteiger partial charge on any atom is 0.0499 e. The number of halogens is 1. The minimum atomic E-state index is 0.164. The van der Waals surface area contributed by atoms with Gasteiger partial charge in [-0.15, -0.1) is 0 Å². The van der Waals surface area contributed by atoms with Crippen LogP contribution in [0.3, 0.4) is 0 Å². The van der Waals surface area contributed by atoms with Gasteiger partial charge >= 0.3 is 0 Å². The average molecular weight is 281 g/mol. The summed E-state index contributed by atoms with van der Waals surface area (Å²) in [7, 11) is 0. The van der Waals surface area contributed by atoms with Gasteiger partial charge in [-0.3, -0.25) is 4.90 Å². The lowest BCUT2D eigenvalue weighted by Gasteiger charge is -2.35. The highest BCUT2D eigenvalue weighted by Gasteiger charge is 2.30. The topological polar surface area (TPSA) is 29.3 Å². The third-order valence-electron chi connectivity index (χ3n) is 4.06. The molecule has 0 aliphatic heterocycles. The van der Waals surface area contributed by atoms with Crippen molar-refractivity contribution in [1.29, 1.82) is 0 Å². The molecule has 0 radical (unpaired) electrons. The second-order valence-corrected chi connectivity index (χ2v) is 6.04. The molecule has 2 atom stereocenters. The number of benzene rings is 1. The van der Waals surface area contributed by atoms with E-state index in [-0.39, 0.29) is 12.1 Å². The van der Waals surface area contributed by atoms with E-state index >= 15 is 0 Å². The summed E-state index contributed by atoms with van der Waals surface area (Å²) in [6.45, 7) is 6.60. The highest BCUT2D eigenvalue weighted by molar-refractivity contribution is 6.30. The zero-order valence-electron chi connectivity index (χ0n) is 12.0. The first-order chi connectivity index (χ1) is 9.15. The van der Waals surface area contributed by atoms with Gasteiger partial charge in [0.05, 0.1) is 0 Å². The zero-order valence-corrected chi connectivity index (χ0v) is 12.7. The summed E-state index contributed by atoms with van der Waals surface area (Å²) >= 11 is 6.14. The van der Waals surface area contributed by atoms with Crippen LogP contribution in [0, 0.1) is 5.92 Å². The second-order valence-electron chi connectivity index (χ2n) is 5.60. The number of rotatable bonds is 7. The van der Waals surface area contributed by atoms with Gasteiger partial charge in [-0.05, 0) is 49.4 Å². The lowest BCUT2D eigenvalue weighted by atomic mass is 9.96. The smallest absolute Gasteiger partial charge is 0.0499 e. The molecule has 0 amide bonds. The van der Waals surface area contributed by atoms with Crippen molar-refractivity contribution >= 4 is 11.6 Å². The lowest BCUT2D eigenvalue weighted by Crippen LogP contribution is -2.41. The van der Waals surface area contributed by atoms with E-state index in [4.69, 9.17) is 17.3 Å². The van der Waals surface area contributed by atoms with Gasteiger partial charge in [-0.1, -0.05) is 37.6 Å². The number of hydrogen-bond acceptors (Lipinski definition) is 2. The minimum absolute atomic E-state index is 0.164. The number of nitrogens with two attached hydrogens (primary N) is 1. The molecular weight excluding hydrogens is 256 g/mol. The van der Waals surface area contributed by atoms with Crippen LogP contribution in [0.4, 0.5) is 0 Å². The van der Waals surface area contributed by atoms with E-state index in [1.165, 1.54) is 24.9 Å². The molecule has 1 saturated carbocycles. The minimum Gasteiger partial charge on any atom is -0.326 e. The molecule has 1 aromatic carbocycles. The van der Waals surface area contributed by atoms with Crippen LogP contribution >= 0.6 is 11.6 Å². The Bertz CT molecular complexity index is 403. The Balaban J connectivity index is 2.22. The van der Waals surface area contributed by atoms with Crippen molar-refractivity contribution in [1.82, 2.24) is 4.90 Å². The van der Waals surface area contributed by atoms with Crippen molar-refractivity contribution in [3.05, 3.63) is 34.9 Å². The predicted molar refractivity (Wildman–Crippen MR) is 82.4 cm³/mol. The van der Waals surface area contributed by atoms with Crippen molar-refractivity contribution in [2.45, 2.75) is 45.2 Å². The molecule has 2 N–H and O–H groups in total. The molecule has 19 heavy (non-hydrogen) atoms. The molecule has 106 valence electrons. The molecule has 1 aromatic rings. The van der Waals surface area contributed by atoms with Crippen molar-refractivity contribution in [3.63, 3.8) is 0 Å². The largest absolute Gasteiger partial charge is 0.326 e. The van der Waals surface area contributed by atoms with Crippen molar-refractivity contribution in [2.24, 2.45) is 11.7 Å². The SMILES string of the molecule is CCC(N)C(c1cccc(Cl)c1)N(CC)CC1CC1. The molecule has 0 aromatic heterocycles. The number of hydrogen-bond donors (Lipinski definition) is 1. The van der Waals surface area contributed by atoms with Crippen LogP contribution in [-0.2, 0) is 0 Å². The van der Waals surface area contributed by atoms with Crippen molar-refractivity contribution in [3.8, 4) is 0 Å². The fourth-order valence-electron chi connectivity index (χ4n) is 2.71. The quantitative estimate of drug-likeness (QED) is 0.822. The summed E-state index contributed by atoms with van der Waals surface area (Å²) in [5.41, 5.74) is 7.64. The molecule has 0 spiro atoms. The van der Waals surface area contributed by atoms with Crippen LogP contribution in [0.5, 0.6) is 0 Å². The van der Waals surface area contributed by atoms with Gasteiger partial charge in [0.25, 0.3) is 0 Å². The van der Waals surface area contributed by atoms with Gasteiger partial charge in [-0.25, -0.2) is 0 Å². The first-order valence-electron chi connectivity index (χ1n) is 7.40. The van der Waals surface area contributed by atoms with Crippen molar-refractivity contribution in [2.75, 3.05) is 13.1 Å². The van der Waals surface area contributed by atoms with Gasteiger partial charge in [0.1, 0.15) is 0 Å². The number of nitrogens with zero attached hydrogens (tertiary/aromatic N) is 1. The lowest BCUT2D eigenvalue weighted by molar-refractivity contribution is 0.170. The Morgan fingerprint density at radius 3 is 2.63 bits per heavy atom. The third-order valence-corrected chi connectivity index (χ3v) is 4.29. The molecule has 0 saturated heterocycles. The molecule has 2 unspecified atom stereocenters. The van der Waals surface area contributed by atoms with Gasteiger partial charge < -0.3 is 5.73 Å². The summed E-state index contributed by atoms with van der Waals surface area (Å²) in [4.78, 5) is 2.53. The molecule has 3 heteroatoms. The van der Waals surface area contributed by atoms with Gasteiger partial charge in [0.15, 0.2) is 0 Å². The van der Waals surface area contributed by atoms with E-state index in [0.29, 0.717) is 0 Å². The molecule has 1 aliphatic rings. The van der Waals surface area contributed by atoms with Crippen LogP contribution in [0.2, 0.25) is 5.02 Å². The van der Waals surface area contributed by atoms with Crippen molar-refractivity contribution < 1.29 is 0 Å². The Kier molecular flexibility index (Phi) is 5.26. The van der Waals surface area contributed by atoms with E-state index in [2.05, 4.69) is 30.9 Å². The highest BCUT2D eigenvalue weighted by atomic mass is 35.5. The normalized spacial score (nSPS) is 18.6. The summed E-state index contributed by atoms with van der Waals surface area (Å²) in [5, 5.41) is 0.799. The van der Waals surface area contributed by atoms with Crippen LogP contribution in [0.25, 0.3) is 0 Å². The Morgan fingerprint density at radius 1 is 1.37 bits per heavy atom. The molecule has 0 heterocycles. The van der Waals surface area contributed by atoms with Crippen LogP contribution in [-0.4, -0.2) is 24.0 Å². The van der Waals surface area contributed by atoms with E-state index in [9.17, 15) is 0 Å². The Hall–Kier alpha value is -0.570.